The predicted molar refractivity (Wildman–Crippen MR) is 69.2 cm³/mol. The fourth-order valence-electron chi connectivity index (χ4n) is 1.60. The molecule has 2 nitrogen and oxygen atoms in total. The summed E-state index contributed by atoms with van der Waals surface area (Å²) in [4.78, 5) is 2.47. The molecule has 2 heteroatoms. The quantitative estimate of drug-likeness (QED) is 0.701. The molecule has 0 aromatic heterocycles. The summed E-state index contributed by atoms with van der Waals surface area (Å²) in [6.07, 6.45) is 0. The smallest absolute Gasteiger partial charge is 0.0192 e. The molecular formula is C13H30N2. The van der Waals surface area contributed by atoms with Crippen molar-refractivity contribution >= 4 is 0 Å². The molecule has 0 rings (SSSR count). The lowest BCUT2D eigenvalue weighted by Gasteiger charge is -2.33. The molecule has 0 spiro atoms. The van der Waals surface area contributed by atoms with Gasteiger partial charge in [0.15, 0.2) is 0 Å². The van der Waals surface area contributed by atoms with Crippen molar-refractivity contribution in [3.8, 4) is 0 Å². The van der Waals surface area contributed by atoms with Gasteiger partial charge in [0.05, 0.1) is 0 Å². The Hall–Kier alpha value is -0.0800. The van der Waals surface area contributed by atoms with Gasteiger partial charge in [-0.05, 0) is 39.3 Å². The third kappa shape index (κ3) is 6.16. The van der Waals surface area contributed by atoms with Crippen LogP contribution in [0.1, 0.15) is 41.5 Å². The van der Waals surface area contributed by atoms with E-state index in [0.717, 1.165) is 24.9 Å². The standard InChI is InChI=1S/C13H30N2/c1-10(2)8-14-9-12(5)15(7)13(6)11(3)4/h10-14H,8-9H2,1-7H3. The third-order valence-electron chi connectivity index (χ3n) is 3.29. The lowest BCUT2D eigenvalue weighted by molar-refractivity contribution is 0.155. The summed E-state index contributed by atoms with van der Waals surface area (Å²) in [5.74, 6) is 1.47. The van der Waals surface area contributed by atoms with Crippen molar-refractivity contribution in [1.82, 2.24) is 10.2 Å². The average Bonchev–Trinajstić information content (AvgIpc) is 2.14. The molecule has 0 radical (unpaired) electrons. The van der Waals surface area contributed by atoms with Crippen molar-refractivity contribution in [2.75, 3.05) is 20.1 Å². The van der Waals surface area contributed by atoms with Gasteiger partial charge in [0.1, 0.15) is 0 Å². The number of nitrogens with one attached hydrogen (secondary N) is 1. The Kier molecular flexibility index (Phi) is 7.20. The molecule has 1 N–H and O–H groups in total. The lowest BCUT2D eigenvalue weighted by atomic mass is 10.0. The minimum Gasteiger partial charge on any atom is -0.315 e. The van der Waals surface area contributed by atoms with Gasteiger partial charge in [-0.3, -0.25) is 4.90 Å². The first-order chi connectivity index (χ1) is 6.86. The third-order valence-corrected chi connectivity index (χ3v) is 3.29. The molecule has 0 aliphatic carbocycles. The summed E-state index contributed by atoms with van der Waals surface area (Å²) in [6.45, 7) is 15.9. The molecule has 2 unspecified atom stereocenters. The zero-order valence-corrected chi connectivity index (χ0v) is 11.7. The van der Waals surface area contributed by atoms with Crippen LogP contribution in [0.15, 0.2) is 0 Å². The van der Waals surface area contributed by atoms with Gasteiger partial charge >= 0.3 is 0 Å². The average molecular weight is 214 g/mol. The first-order valence-corrected chi connectivity index (χ1v) is 6.28. The second-order valence-electron chi connectivity index (χ2n) is 5.55. The summed E-state index contributed by atoms with van der Waals surface area (Å²) in [5.41, 5.74) is 0. The van der Waals surface area contributed by atoms with E-state index in [1.54, 1.807) is 0 Å². The molecule has 0 saturated carbocycles. The molecule has 92 valence electrons. The topological polar surface area (TPSA) is 15.3 Å². The zero-order valence-electron chi connectivity index (χ0n) is 11.7. The van der Waals surface area contributed by atoms with E-state index in [-0.39, 0.29) is 0 Å². The molecule has 2 atom stereocenters. The van der Waals surface area contributed by atoms with E-state index >= 15 is 0 Å². The van der Waals surface area contributed by atoms with Gasteiger partial charge in [0, 0.05) is 18.6 Å². The Balaban J connectivity index is 3.83. The van der Waals surface area contributed by atoms with Crippen molar-refractivity contribution < 1.29 is 0 Å². The highest BCUT2D eigenvalue weighted by molar-refractivity contribution is 4.74. The van der Waals surface area contributed by atoms with Gasteiger partial charge in [-0.2, -0.15) is 0 Å². The van der Waals surface area contributed by atoms with Crippen LogP contribution in [-0.2, 0) is 0 Å². The molecule has 0 aliphatic rings. The maximum Gasteiger partial charge on any atom is 0.0192 e. The maximum atomic E-state index is 3.52. The van der Waals surface area contributed by atoms with Crippen LogP contribution in [0.3, 0.4) is 0 Å². The predicted octanol–water partition coefficient (Wildman–Crippen LogP) is 2.60. The number of nitrogens with zero attached hydrogens (tertiary/aromatic N) is 1. The van der Waals surface area contributed by atoms with Gasteiger partial charge in [-0.1, -0.05) is 27.7 Å². The van der Waals surface area contributed by atoms with E-state index in [1.165, 1.54) is 0 Å². The second kappa shape index (κ2) is 7.24. The zero-order chi connectivity index (χ0) is 12.0. The van der Waals surface area contributed by atoms with E-state index < -0.39 is 0 Å². The largest absolute Gasteiger partial charge is 0.315 e. The molecule has 0 aliphatic heterocycles. The highest BCUT2D eigenvalue weighted by Crippen LogP contribution is 2.10. The fraction of sp³-hybridized carbons (Fsp3) is 1.00. The van der Waals surface area contributed by atoms with Crippen LogP contribution in [-0.4, -0.2) is 37.1 Å². The molecule has 0 heterocycles. The van der Waals surface area contributed by atoms with E-state index in [4.69, 9.17) is 0 Å². The van der Waals surface area contributed by atoms with Gasteiger partial charge < -0.3 is 5.32 Å². The Morgan fingerprint density at radius 1 is 0.933 bits per heavy atom. The summed E-state index contributed by atoms with van der Waals surface area (Å²) in [5, 5.41) is 3.52. The van der Waals surface area contributed by atoms with E-state index in [0.29, 0.717) is 12.1 Å². The van der Waals surface area contributed by atoms with Crippen LogP contribution < -0.4 is 5.32 Å². The van der Waals surface area contributed by atoms with E-state index in [2.05, 4.69) is 58.8 Å². The SMILES string of the molecule is CC(C)CNCC(C)N(C)C(C)C(C)C. The van der Waals surface area contributed by atoms with Crippen LogP contribution in [0.2, 0.25) is 0 Å². The Bertz CT molecular complexity index is 155. The number of rotatable bonds is 7. The summed E-state index contributed by atoms with van der Waals surface area (Å²) in [7, 11) is 2.23. The van der Waals surface area contributed by atoms with Crippen molar-refractivity contribution in [3.63, 3.8) is 0 Å². The van der Waals surface area contributed by atoms with Gasteiger partial charge in [0.25, 0.3) is 0 Å². The molecular weight excluding hydrogens is 184 g/mol. The van der Waals surface area contributed by atoms with Gasteiger partial charge in [-0.25, -0.2) is 0 Å². The summed E-state index contributed by atoms with van der Waals surface area (Å²) >= 11 is 0. The highest BCUT2D eigenvalue weighted by atomic mass is 15.2. The first kappa shape index (κ1) is 14.9. The highest BCUT2D eigenvalue weighted by Gasteiger charge is 2.17. The first-order valence-electron chi connectivity index (χ1n) is 6.28. The van der Waals surface area contributed by atoms with Crippen LogP contribution >= 0.6 is 0 Å². The molecule has 0 amide bonds. The summed E-state index contributed by atoms with van der Waals surface area (Å²) < 4.78 is 0. The number of hydrogen-bond acceptors (Lipinski definition) is 2. The molecule has 0 bridgehead atoms. The van der Waals surface area contributed by atoms with Crippen LogP contribution in [0.25, 0.3) is 0 Å². The molecule has 15 heavy (non-hydrogen) atoms. The second-order valence-corrected chi connectivity index (χ2v) is 5.55. The normalized spacial score (nSPS) is 16.4. The molecule has 0 saturated heterocycles. The van der Waals surface area contributed by atoms with Crippen LogP contribution in [0, 0.1) is 11.8 Å². The molecule has 0 aromatic rings. The summed E-state index contributed by atoms with van der Waals surface area (Å²) in [6, 6.07) is 1.27. The van der Waals surface area contributed by atoms with Gasteiger partial charge in [-0.15, -0.1) is 0 Å². The Morgan fingerprint density at radius 2 is 1.47 bits per heavy atom. The lowest BCUT2D eigenvalue weighted by Crippen LogP contribution is -2.45. The Labute approximate surface area is 96.4 Å². The van der Waals surface area contributed by atoms with Crippen molar-refractivity contribution in [1.29, 1.82) is 0 Å². The van der Waals surface area contributed by atoms with Crippen molar-refractivity contribution in [2.24, 2.45) is 11.8 Å². The fourth-order valence-corrected chi connectivity index (χ4v) is 1.60. The monoisotopic (exact) mass is 214 g/mol. The molecule has 0 fully saturated rings. The van der Waals surface area contributed by atoms with E-state index in [1.807, 2.05) is 0 Å². The minimum atomic E-state index is 0.612. The van der Waals surface area contributed by atoms with Crippen molar-refractivity contribution in [3.05, 3.63) is 0 Å². The number of likely N-dealkylation sites (N-methyl/N-ethyl adjacent to an activating group) is 1. The molecule has 0 aromatic carbocycles. The maximum absolute atomic E-state index is 3.52. The van der Waals surface area contributed by atoms with E-state index in [9.17, 15) is 0 Å². The van der Waals surface area contributed by atoms with Crippen LogP contribution in [0.4, 0.5) is 0 Å². The Morgan fingerprint density at radius 3 is 1.87 bits per heavy atom. The minimum absolute atomic E-state index is 0.612. The van der Waals surface area contributed by atoms with Gasteiger partial charge in [0.2, 0.25) is 0 Å². The number of hydrogen-bond donors (Lipinski definition) is 1. The van der Waals surface area contributed by atoms with Crippen LogP contribution in [0.5, 0.6) is 0 Å². The van der Waals surface area contributed by atoms with Crippen molar-refractivity contribution in [2.45, 2.75) is 53.6 Å².